The van der Waals surface area contributed by atoms with E-state index in [1.807, 2.05) is 0 Å². The van der Waals surface area contributed by atoms with E-state index in [0.29, 0.717) is 3.70 Å². The molecule has 0 atom stereocenters. The maximum absolute atomic E-state index is 11.6. The molecular weight excluding hydrogens is 288 g/mol. The molecule has 1 aromatic heterocycles. The molecule has 3 nitrogen and oxygen atoms in total. The Balaban J connectivity index is 2.77. The van der Waals surface area contributed by atoms with Crippen LogP contribution >= 0.6 is 22.6 Å². The van der Waals surface area contributed by atoms with Crippen LogP contribution in [0.4, 0.5) is 13.2 Å². The van der Waals surface area contributed by atoms with Gasteiger partial charge < -0.3 is 4.74 Å². The monoisotopic (exact) mass is 290 g/mol. The highest BCUT2D eigenvalue weighted by Crippen LogP contribution is 2.19. The molecule has 0 radical (unpaired) electrons. The molecule has 0 fully saturated rings. The van der Waals surface area contributed by atoms with Crippen LogP contribution in [0.5, 0.6) is 5.88 Å². The highest BCUT2D eigenvalue weighted by molar-refractivity contribution is 14.1. The SMILES string of the molecule is FC(F)(F)Oc1cncc(I)n1. The fraction of sp³-hybridized carbons (Fsp3) is 0.200. The fourth-order valence-electron chi connectivity index (χ4n) is 0.493. The summed E-state index contributed by atoms with van der Waals surface area (Å²) in [6.45, 7) is 0. The molecule has 0 unspecified atom stereocenters. The highest BCUT2D eigenvalue weighted by atomic mass is 127. The average Bonchev–Trinajstić information content (AvgIpc) is 1.82. The number of halogens is 4. The number of rotatable bonds is 1. The molecule has 1 rings (SSSR count). The van der Waals surface area contributed by atoms with E-state index in [1.165, 1.54) is 6.20 Å². The number of hydrogen-bond acceptors (Lipinski definition) is 3. The molecule has 66 valence electrons. The molecule has 1 heterocycles. The summed E-state index contributed by atoms with van der Waals surface area (Å²) < 4.78 is 38.6. The Bertz CT molecular complexity index is 278. The van der Waals surface area contributed by atoms with Gasteiger partial charge in [-0.25, -0.2) is 4.98 Å². The minimum absolute atomic E-state index is 0.342. The lowest BCUT2D eigenvalue weighted by Gasteiger charge is -2.06. The Morgan fingerprint density at radius 1 is 1.33 bits per heavy atom. The van der Waals surface area contributed by atoms with Gasteiger partial charge in [0.2, 0.25) is 5.88 Å². The maximum Gasteiger partial charge on any atom is 0.574 e. The smallest absolute Gasteiger partial charge is 0.386 e. The van der Waals surface area contributed by atoms with Crippen molar-refractivity contribution in [3.8, 4) is 5.88 Å². The Hall–Kier alpha value is -0.600. The quantitative estimate of drug-likeness (QED) is 0.742. The van der Waals surface area contributed by atoms with Crippen LogP contribution in [0.2, 0.25) is 0 Å². The van der Waals surface area contributed by atoms with Crippen LogP contribution in [-0.4, -0.2) is 16.3 Å². The van der Waals surface area contributed by atoms with Crippen molar-refractivity contribution in [1.82, 2.24) is 9.97 Å². The zero-order valence-electron chi connectivity index (χ0n) is 5.47. The third-order valence-electron chi connectivity index (χ3n) is 0.803. The van der Waals surface area contributed by atoms with Crippen LogP contribution in [0.25, 0.3) is 0 Å². The van der Waals surface area contributed by atoms with E-state index in [-0.39, 0.29) is 0 Å². The van der Waals surface area contributed by atoms with Crippen molar-refractivity contribution < 1.29 is 17.9 Å². The van der Waals surface area contributed by atoms with E-state index in [2.05, 4.69) is 14.7 Å². The van der Waals surface area contributed by atoms with E-state index in [1.54, 1.807) is 22.6 Å². The van der Waals surface area contributed by atoms with Gasteiger partial charge in [-0.05, 0) is 22.6 Å². The first-order valence-electron chi connectivity index (χ1n) is 2.71. The van der Waals surface area contributed by atoms with Crippen LogP contribution in [0.15, 0.2) is 12.4 Å². The van der Waals surface area contributed by atoms with Crippen molar-refractivity contribution in [2.75, 3.05) is 0 Å². The molecule has 1 aromatic rings. The molecule has 0 aliphatic rings. The van der Waals surface area contributed by atoms with Crippen molar-refractivity contribution in [3.63, 3.8) is 0 Å². The Morgan fingerprint density at radius 2 is 2.00 bits per heavy atom. The molecule has 0 saturated carbocycles. The summed E-state index contributed by atoms with van der Waals surface area (Å²) in [7, 11) is 0. The molecular formula is C5H2F3IN2O. The standard InChI is InChI=1S/C5H2F3IN2O/c6-5(7,8)12-4-2-10-1-3(9)11-4/h1-2H. The molecule has 12 heavy (non-hydrogen) atoms. The van der Waals surface area contributed by atoms with Gasteiger partial charge in [0.15, 0.2) is 0 Å². The number of alkyl halides is 3. The van der Waals surface area contributed by atoms with Crippen LogP contribution in [0.1, 0.15) is 0 Å². The highest BCUT2D eigenvalue weighted by Gasteiger charge is 2.31. The topological polar surface area (TPSA) is 35.0 Å². The second-order valence-electron chi connectivity index (χ2n) is 1.73. The average molecular weight is 290 g/mol. The van der Waals surface area contributed by atoms with Crippen LogP contribution in [0.3, 0.4) is 0 Å². The second kappa shape index (κ2) is 3.42. The third-order valence-corrected chi connectivity index (χ3v) is 1.32. The summed E-state index contributed by atoms with van der Waals surface area (Å²) in [4.78, 5) is 6.91. The summed E-state index contributed by atoms with van der Waals surface area (Å²) in [6.07, 6.45) is -2.49. The van der Waals surface area contributed by atoms with Gasteiger partial charge in [0.05, 0.1) is 12.4 Å². The first-order chi connectivity index (χ1) is 5.47. The van der Waals surface area contributed by atoms with E-state index in [9.17, 15) is 13.2 Å². The van der Waals surface area contributed by atoms with Gasteiger partial charge >= 0.3 is 6.36 Å². The summed E-state index contributed by atoms with van der Waals surface area (Å²) in [5, 5.41) is 0. The van der Waals surface area contributed by atoms with Gasteiger partial charge in [0.1, 0.15) is 3.70 Å². The first-order valence-corrected chi connectivity index (χ1v) is 3.78. The van der Waals surface area contributed by atoms with E-state index >= 15 is 0 Å². The number of ether oxygens (including phenoxy) is 1. The van der Waals surface area contributed by atoms with Gasteiger partial charge in [0, 0.05) is 0 Å². The summed E-state index contributed by atoms with van der Waals surface area (Å²) in [5.41, 5.74) is 0. The summed E-state index contributed by atoms with van der Waals surface area (Å²) in [6, 6.07) is 0. The van der Waals surface area contributed by atoms with Crippen molar-refractivity contribution in [3.05, 3.63) is 16.1 Å². The summed E-state index contributed by atoms with van der Waals surface area (Å²) in [5.74, 6) is -0.547. The zero-order chi connectivity index (χ0) is 9.19. The van der Waals surface area contributed by atoms with Crippen molar-refractivity contribution in [2.24, 2.45) is 0 Å². The van der Waals surface area contributed by atoms with Crippen LogP contribution in [0, 0.1) is 3.70 Å². The minimum atomic E-state index is -4.71. The van der Waals surface area contributed by atoms with Crippen LogP contribution < -0.4 is 4.74 Å². The lowest BCUT2D eigenvalue weighted by atomic mass is 10.7. The molecule has 0 aromatic carbocycles. The molecule has 0 bridgehead atoms. The number of aromatic nitrogens is 2. The molecule has 0 aliphatic carbocycles. The molecule has 0 N–H and O–H groups in total. The zero-order valence-corrected chi connectivity index (χ0v) is 7.63. The largest absolute Gasteiger partial charge is 0.574 e. The predicted octanol–water partition coefficient (Wildman–Crippen LogP) is 1.98. The normalized spacial score (nSPS) is 11.3. The molecule has 0 aliphatic heterocycles. The fourth-order valence-corrected chi connectivity index (χ4v) is 0.892. The Morgan fingerprint density at radius 3 is 2.50 bits per heavy atom. The van der Waals surface area contributed by atoms with E-state index < -0.39 is 12.2 Å². The molecule has 0 amide bonds. The number of nitrogens with zero attached hydrogens (tertiary/aromatic N) is 2. The minimum Gasteiger partial charge on any atom is -0.386 e. The third kappa shape index (κ3) is 3.20. The predicted molar refractivity (Wildman–Crippen MR) is 41.4 cm³/mol. The van der Waals surface area contributed by atoms with Gasteiger partial charge in [-0.15, -0.1) is 13.2 Å². The maximum atomic E-state index is 11.6. The van der Waals surface area contributed by atoms with Crippen molar-refractivity contribution in [1.29, 1.82) is 0 Å². The van der Waals surface area contributed by atoms with Gasteiger partial charge in [0.25, 0.3) is 0 Å². The van der Waals surface area contributed by atoms with E-state index in [0.717, 1.165) is 6.20 Å². The van der Waals surface area contributed by atoms with E-state index in [4.69, 9.17) is 0 Å². The van der Waals surface area contributed by atoms with Crippen molar-refractivity contribution >= 4 is 22.6 Å². The lowest BCUT2D eigenvalue weighted by molar-refractivity contribution is -0.276. The molecule has 0 saturated heterocycles. The van der Waals surface area contributed by atoms with Gasteiger partial charge in [-0.2, -0.15) is 0 Å². The van der Waals surface area contributed by atoms with Crippen LogP contribution in [-0.2, 0) is 0 Å². The first kappa shape index (κ1) is 9.49. The number of hydrogen-bond donors (Lipinski definition) is 0. The lowest BCUT2D eigenvalue weighted by Crippen LogP contribution is -2.18. The van der Waals surface area contributed by atoms with Gasteiger partial charge in [-0.3, -0.25) is 4.98 Å². The van der Waals surface area contributed by atoms with Gasteiger partial charge in [-0.1, -0.05) is 0 Å². The molecule has 0 spiro atoms. The Kier molecular flexibility index (Phi) is 2.70. The summed E-state index contributed by atoms with van der Waals surface area (Å²) >= 11 is 1.74. The van der Waals surface area contributed by atoms with Crippen molar-refractivity contribution in [2.45, 2.75) is 6.36 Å². The second-order valence-corrected chi connectivity index (χ2v) is 2.83. The Labute approximate surface area is 79.1 Å². The molecule has 7 heteroatoms.